The SMILES string of the molecule is NC(=O)CC(=O)O.[H-].[H-].[K+].[K+]. The van der Waals surface area contributed by atoms with Crippen molar-refractivity contribution in [2.45, 2.75) is 6.42 Å². The summed E-state index contributed by atoms with van der Waals surface area (Å²) in [6, 6.07) is 0. The molecule has 9 heavy (non-hydrogen) atoms. The molecule has 0 bridgehead atoms. The summed E-state index contributed by atoms with van der Waals surface area (Å²) >= 11 is 0. The van der Waals surface area contributed by atoms with E-state index in [0.29, 0.717) is 0 Å². The zero-order chi connectivity index (χ0) is 5.86. The Morgan fingerprint density at radius 3 is 1.78 bits per heavy atom. The second kappa shape index (κ2) is 10.2. The van der Waals surface area contributed by atoms with E-state index in [-0.39, 0.29) is 106 Å². The Hall–Kier alpha value is 2.21. The quantitative estimate of drug-likeness (QED) is 0.330. The zero-order valence-electron chi connectivity index (χ0n) is 7.55. The van der Waals surface area contributed by atoms with Gasteiger partial charge in [0.15, 0.2) is 0 Å². The molecule has 0 unspecified atom stereocenters. The minimum atomic E-state index is -1.19. The number of carboxylic acids is 1. The largest absolute Gasteiger partial charge is 1.00 e. The van der Waals surface area contributed by atoms with Crippen LogP contribution in [-0.4, -0.2) is 17.0 Å². The third kappa shape index (κ3) is 17.8. The van der Waals surface area contributed by atoms with E-state index in [1.807, 2.05) is 0 Å². The van der Waals surface area contributed by atoms with Crippen LogP contribution in [0.3, 0.4) is 0 Å². The number of nitrogens with two attached hydrogens (primary N) is 1. The molecule has 0 aliphatic heterocycles. The van der Waals surface area contributed by atoms with E-state index in [1.165, 1.54) is 0 Å². The van der Waals surface area contributed by atoms with Crippen LogP contribution in [0.2, 0.25) is 0 Å². The molecule has 0 radical (unpaired) electrons. The van der Waals surface area contributed by atoms with Gasteiger partial charge in [0, 0.05) is 0 Å². The standard InChI is InChI=1S/C3H5NO3.2K.2H/c4-2(5)1-3(6)7;;;;/h1H2,(H2,4,5)(H,6,7);;;;/q;2*+1;2*-1. The van der Waals surface area contributed by atoms with Crippen LogP contribution in [0.5, 0.6) is 0 Å². The maximum atomic E-state index is 9.65. The molecule has 44 valence electrons. The first kappa shape index (κ1) is 17.3. The first-order valence-electron chi connectivity index (χ1n) is 1.63. The van der Waals surface area contributed by atoms with Crippen molar-refractivity contribution in [3.8, 4) is 0 Å². The Morgan fingerprint density at radius 1 is 1.44 bits per heavy atom. The molecule has 1 amide bonds. The molecule has 0 aliphatic rings. The minimum Gasteiger partial charge on any atom is -1.00 e. The Bertz CT molecular complexity index is 101. The van der Waals surface area contributed by atoms with Gasteiger partial charge in [-0.15, -0.1) is 0 Å². The smallest absolute Gasteiger partial charge is 1.00 e. The summed E-state index contributed by atoms with van der Waals surface area (Å²) in [4.78, 5) is 19.2. The Morgan fingerprint density at radius 2 is 1.78 bits per heavy atom. The first-order chi connectivity index (χ1) is 3.13. The van der Waals surface area contributed by atoms with Gasteiger partial charge in [-0.2, -0.15) is 0 Å². The zero-order valence-corrected chi connectivity index (χ0v) is 11.8. The Kier molecular flexibility index (Phi) is 19.7. The Balaban J connectivity index is -0.0000000300. The summed E-state index contributed by atoms with van der Waals surface area (Å²) in [5.41, 5.74) is 4.47. The average molecular weight is 183 g/mol. The monoisotopic (exact) mass is 183 g/mol. The number of hydrogen-bond acceptors (Lipinski definition) is 2. The van der Waals surface area contributed by atoms with E-state index in [1.54, 1.807) is 0 Å². The van der Waals surface area contributed by atoms with Gasteiger partial charge in [-0.05, 0) is 0 Å². The molecule has 0 aromatic rings. The van der Waals surface area contributed by atoms with Crippen LogP contribution < -0.4 is 109 Å². The molecule has 0 aromatic carbocycles. The number of carboxylic acid groups (broad SMARTS) is 1. The van der Waals surface area contributed by atoms with Gasteiger partial charge in [0.25, 0.3) is 0 Å². The van der Waals surface area contributed by atoms with E-state index >= 15 is 0 Å². The fourth-order valence-electron chi connectivity index (χ4n) is 0.149. The predicted octanol–water partition coefficient (Wildman–Crippen LogP) is -6.82. The molecule has 6 heteroatoms. The molecular weight excluding hydrogens is 176 g/mol. The molecule has 0 heterocycles. The van der Waals surface area contributed by atoms with Crippen LogP contribution in [-0.2, 0) is 9.59 Å². The van der Waals surface area contributed by atoms with Crippen LogP contribution in [0.15, 0.2) is 0 Å². The molecule has 0 aromatic heterocycles. The molecule has 0 saturated carbocycles. The maximum absolute atomic E-state index is 9.65. The first-order valence-corrected chi connectivity index (χ1v) is 1.63. The van der Waals surface area contributed by atoms with Crippen molar-refractivity contribution in [2.75, 3.05) is 0 Å². The minimum absolute atomic E-state index is 0. The summed E-state index contributed by atoms with van der Waals surface area (Å²) in [6.07, 6.45) is -0.583. The van der Waals surface area contributed by atoms with Crippen molar-refractivity contribution in [1.29, 1.82) is 0 Å². The second-order valence-electron chi connectivity index (χ2n) is 1.04. The fraction of sp³-hybridized carbons (Fsp3) is 0.333. The number of carbonyl (C=O) groups excluding carboxylic acids is 1. The molecule has 0 atom stereocenters. The van der Waals surface area contributed by atoms with Gasteiger partial charge < -0.3 is 13.7 Å². The molecule has 4 nitrogen and oxygen atoms in total. The van der Waals surface area contributed by atoms with Crippen molar-refractivity contribution in [2.24, 2.45) is 5.73 Å². The van der Waals surface area contributed by atoms with Crippen LogP contribution in [0.25, 0.3) is 0 Å². The molecule has 0 aliphatic carbocycles. The van der Waals surface area contributed by atoms with E-state index in [4.69, 9.17) is 5.11 Å². The molecule has 0 spiro atoms. The molecule has 0 rings (SSSR count). The third-order valence-electron chi connectivity index (χ3n) is 0.325. The summed E-state index contributed by atoms with van der Waals surface area (Å²) < 4.78 is 0. The molecule has 0 fully saturated rings. The van der Waals surface area contributed by atoms with Gasteiger partial charge in [-0.25, -0.2) is 0 Å². The van der Waals surface area contributed by atoms with Crippen LogP contribution in [0.4, 0.5) is 0 Å². The van der Waals surface area contributed by atoms with Crippen LogP contribution in [0, 0.1) is 0 Å². The van der Waals surface area contributed by atoms with Gasteiger partial charge in [0.1, 0.15) is 6.42 Å². The number of rotatable bonds is 2. The summed E-state index contributed by atoms with van der Waals surface area (Å²) in [5, 5.41) is 7.78. The fourth-order valence-corrected chi connectivity index (χ4v) is 0.149. The third-order valence-corrected chi connectivity index (χ3v) is 0.325. The molecule has 3 N–H and O–H groups in total. The maximum Gasteiger partial charge on any atom is 1.00 e. The summed E-state index contributed by atoms with van der Waals surface area (Å²) in [7, 11) is 0. The number of amides is 1. The topological polar surface area (TPSA) is 80.4 Å². The van der Waals surface area contributed by atoms with Crippen LogP contribution >= 0.6 is 0 Å². The number of carbonyl (C=O) groups is 2. The van der Waals surface area contributed by atoms with E-state index in [2.05, 4.69) is 5.73 Å². The summed E-state index contributed by atoms with van der Waals surface area (Å²) in [5.74, 6) is -2.00. The van der Waals surface area contributed by atoms with Crippen molar-refractivity contribution in [1.82, 2.24) is 0 Å². The number of primary amides is 1. The van der Waals surface area contributed by atoms with E-state index in [9.17, 15) is 9.59 Å². The van der Waals surface area contributed by atoms with Gasteiger partial charge in [-0.3, -0.25) is 9.59 Å². The average Bonchev–Trinajstić information content (AvgIpc) is 1.27. The van der Waals surface area contributed by atoms with Gasteiger partial charge in [0.2, 0.25) is 5.91 Å². The van der Waals surface area contributed by atoms with E-state index < -0.39 is 18.3 Å². The Labute approximate surface area is 141 Å². The van der Waals surface area contributed by atoms with Crippen molar-refractivity contribution in [3.63, 3.8) is 0 Å². The van der Waals surface area contributed by atoms with E-state index in [0.717, 1.165) is 0 Å². The molecular formula is C3H7K2NO3. The van der Waals surface area contributed by atoms with Crippen molar-refractivity contribution >= 4 is 11.9 Å². The number of hydrogen-bond donors (Lipinski definition) is 2. The van der Waals surface area contributed by atoms with Crippen molar-refractivity contribution in [3.05, 3.63) is 0 Å². The predicted molar refractivity (Wildman–Crippen MR) is 23.7 cm³/mol. The number of aliphatic carboxylic acids is 1. The normalized spacial score (nSPS) is 6.22. The van der Waals surface area contributed by atoms with Gasteiger partial charge >= 0.3 is 109 Å². The van der Waals surface area contributed by atoms with Crippen LogP contribution in [0.1, 0.15) is 9.27 Å². The second-order valence-corrected chi connectivity index (χ2v) is 1.04. The van der Waals surface area contributed by atoms with Gasteiger partial charge in [0.05, 0.1) is 0 Å². The van der Waals surface area contributed by atoms with Gasteiger partial charge in [-0.1, -0.05) is 0 Å². The summed E-state index contributed by atoms with van der Waals surface area (Å²) in [6.45, 7) is 0. The van der Waals surface area contributed by atoms with Crippen molar-refractivity contribution < 1.29 is 120 Å². The molecule has 0 saturated heterocycles.